The quantitative estimate of drug-likeness (QED) is 0.678. The monoisotopic (exact) mass is 367 g/mol. The molecule has 7 heteroatoms. The number of H-pyrrole nitrogens is 1. The van der Waals surface area contributed by atoms with Crippen molar-refractivity contribution in [3.63, 3.8) is 0 Å². The second-order valence-electron chi connectivity index (χ2n) is 3.57. The van der Waals surface area contributed by atoms with Crippen LogP contribution < -0.4 is 5.32 Å². The molecule has 5 nitrogen and oxygen atoms in total. The number of halogens is 2. The van der Waals surface area contributed by atoms with Crippen LogP contribution in [0.4, 0.5) is 11.5 Å². The lowest BCUT2D eigenvalue weighted by Gasteiger charge is -2.06. The number of rotatable bonds is 2. The molecule has 2 N–H and O–H groups in total. The zero-order valence-corrected chi connectivity index (χ0v) is 12.2. The van der Waals surface area contributed by atoms with E-state index >= 15 is 0 Å². The van der Waals surface area contributed by atoms with Crippen LogP contribution >= 0.6 is 31.9 Å². The average molecular weight is 369 g/mol. The fraction of sp³-hybridized carbons (Fsp3) is 0. The van der Waals surface area contributed by atoms with E-state index in [9.17, 15) is 0 Å². The topological polar surface area (TPSA) is 66.5 Å². The molecule has 18 heavy (non-hydrogen) atoms. The molecule has 0 radical (unpaired) electrons. The van der Waals surface area contributed by atoms with Gasteiger partial charge in [-0.05, 0) is 40.2 Å². The van der Waals surface area contributed by atoms with Crippen LogP contribution in [0, 0.1) is 0 Å². The van der Waals surface area contributed by atoms with Crippen LogP contribution in [0.5, 0.6) is 0 Å². The Morgan fingerprint density at radius 2 is 1.83 bits per heavy atom. The summed E-state index contributed by atoms with van der Waals surface area (Å²) in [5.41, 5.74) is 2.34. The molecule has 2 aromatic heterocycles. The van der Waals surface area contributed by atoms with Crippen molar-refractivity contribution in [3.05, 3.63) is 39.8 Å². The summed E-state index contributed by atoms with van der Waals surface area (Å²) in [5.74, 6) is 0.687. The van der Waals surface area contributed by atoms with Crippen LogP contribution in [0.25, 0.3) is 11.2 Å². The Kier molecular flexibility index (Phi) is 3.00. The third kappa shape index (κ3) is 2.23. The molecule has 0 aliphatic rings. The van der Waals surface area contributed by atoms with E-state index in [1.165, 1.54) is 0 Å². The molecule has 90 valence electrons. The second-order valence-corrected chi connectivity index (χ2v) is 5.20. The van der Waals surface area contributed by atoms with Crippen LogP contribution in [0.15, 0.2) is 39.8 Å². The van der Waals surface area contributed by atoms with Crippen molar-refractivity contribution in [1.29, 1.82) is 0 Å². The molecule has 0 bridgehead atoms. The standard InChI is InChI=1S/C11H7Br2N5/c12-6-1-3-7(4-2-6)16-10-8-9(15-5-14-8)17-11(13)18-10/h1-5H,(H2,14,15,16,17,18). The average Bonchev–Trinajstić information content (AvgIpc) is 2.80. The second kappa shape index (κ2) is 4.66. The summed E-state index contributed by atoms with van der Waals surface area (Å²) in [5, 5.41) is 3.23. The van der Waals surface area contributed by atoms with E-state index in [0.29, 0.717) is 16.2 Å². The third-order valence-corrected chi connectivity index (χ3v) is 3.25. The van der Waals surface area contributed by atoms with Gasteiger partial charge in [0, 0.05) is 10.2 Å². The summed E-state index contributed by atoms with van der Waals surface area (Å²) >= 11 is 6.67. The summed E-state index contributed by atoms with van der Waals surface area (Å²) in [6.45, 7) is 0. The molecule has 1 aromatic carbocycles. The van der Waals surface area contributed by atoms with Crippen molar-refractivity contribution < 1.29 is 0 Å². The van der Waals surface area contributed by atoms with Gasteiger partial charge < -0.3 is 10.3 Å². The number of hydrogen-bond acceptors (Lipinski definition) is 4. The molecule has 3 rings (SSSR count). The van der Waals surface area contributed by atoms with Gasteiger partial charge in [0.1, 0.15) is 5.52 Å². The Hall–Kier alpha value is -1.47. The van der Waals surface area contributed by atoms with Gasteiger partial charge in [-0.15, -0.1) is 0 Å². The van der Waals surface area contributed by atoms with Gasteiger partial charge >= 0.3 is 0 Å². The van der Waals surface area contributed by atoms with Gasteiger partial charge in [0.05, 0.1) is 6.33 Å². The molecule has 0 unspecified atom stereocenters. The van der Waals surface area contributed by atoms with E-state index in [1.807, 2.05) is 24.3 Å². The van der Waals surface area contributed by atoms with Crippen molar-refractivity contribution in [3.8, 4) is 0 Å². The van der Waals surface area contributed by atoms with E-state index in [4.69, 9.17) is 0 Å². The minimum atomic E-state index is 0.502. The highest BCUT2D eigenvalue weighted by molar-refractivity contribution is 9.10. The normalized spacial score (nSPS) is 10.8. The smallest absolute Gasteiger partial charge is 0.200 e. The first kappa shape index (κ1) is 11.6. The Labute approximate surface area is 119 Å². The van der Waals surface area contributed by atoms with Crippen molar-refractivity contribution in [2.45, 2.75) is 0 Å². The van der Waals surface area contributed by atoms with Crippen LogP contribution in [0.3, 0.4) is 0 Å². The number of nitrogens with zero attached hydrogens (tertiary/aromatic N) is 3. The Morgan fingerprint density at radius 3 is 2.61 bits per heavy atom. The molecule has 0 aliphatic carbocycles. The Bertz CT molecular complexity index is 692. The number of hydrogen-bond donors (Lipinski definition) is 2. The molecule has 0 aliphatic heterocycles. The van der Waals surface area contributed by atoms with Gasteiger partial charge in [0.15, 0.2) is 11.5 Å². The van der Waals surface area contributed by atoms with Gasteiger partial charge in [-0.3, -0.25) is 0 Å². The fourth-order valence-electron chi connectivity index (χ4n) is 1.57. The van der Waals surface area contributed by atoms with E-state index in [-0.39, 0.29) is 0 Å². The summed E-state index contributed by atoms with van der Waals surface area (Å²) < 4.78 is 1.53. The molecular formula is C11H7Br2N5. The lowest BCUT2D eigenvalue weighted by atomic mass is 10.3. The maximum atomic E-state index is 4.30. The predicted molar refractivity (Wildman–Crippen MR) is 76.8 cm³/mol. The van der Waals surface area contributed by atoms with Gasteiger partial charge in [-0.1, -0.05) is 15.9 Å². The van der Waals surface area contributed by atoms with Crippen LogP contribution in [-0.2, 0) is 0 Å². The van der Waals surface area contributed by atoms with Crippen LogP contribution in [0.1, 0.15) is 0 Å². The maximum absolute atomic E-state index is 4.30. The summed E-state index contributed by atoms with van der Waals surface area (Å²) in [6.07, 6.45) is 1.60. The molecule has 0 fully saturated rings. The van der Waals surface area contributed by atoms with Crippen molar-refractivity contribution in [1.82, 2.24) is 19.9 Å². The number of imidazole rings is 1. The molecule has 0 amide bonds. The highest BCUT2D eigenvalue weighted by Gasteiger charge is 2.08. The van der Waals surface area contributed by atoms with Gasteiger partial charge in [0.25, 0.3) is 0 Å². The number of benzene rings is 1. The molecule has 0 saturated heterocycles. The van der Waals surface area contributed by atoms with Crippen molar-refractivity contribution in [2.75, 3.05) is 5.32 Å². The molecular weight excluding hydrogens is 362 g/mol. The summed E-state index contributed by atoms with van der Waals surface area (Å²) in [6, 6.07) is 7.84. The third-order valence-electron chi connectivity index (χ3n) is 2.37. The predicted octanol–water partition coefficient (Wildman–Crippen LogP) is 3.62. The number of aromatic amines is 1. The fourth-order valence-corrected chi connectivity index (χ4v) is 2.18. The van der Waals surface area contributed by atoms with E-state index in [2.05, 4.69) is 57.1 Å². The first-order valence-corrected chi connectivity index (χ1v) is 6.70. The van der Waals surface area contributed by atoms with Crippen LogP contribution in [-0.4, -0.2) is 19.9 Å². The largest absolute Gasteiger partial charge is 0.340 e. The van der Waals surface area contributed by atoms with Crippen LogP contribution in [0.2, 0.25) is 0 Å². The minimum Gasteiger partial charge on any atom is -0.340 e. The van der Waals surface area contributed by atoms with Gasteiger partial charge in [-0.25, -0.2) is 15.0 Å². The number of nitrogens with one attached hydrogen (secondary N) is 2. The Balaban J connectivity index is 2.03. The van der Waals surface area contributed by atoms with Gasteiger partial charge in [-0.2, -0.15) is 0 Å². The molecule has 0 spiro atoms. The Morgan fingerprint density at radius 1 is 1.06 bits per heavy atom. The lowest BCUT2D eigenvalue weighted by Crippen LogP contribution is -1.97. The zero-order chi connectivity index (χ0) is 12.5. The minimum absolute atomic E-state index is 0.502. The molecule has 2 heterocycles. The SMILES string of the molecule is Brc1ccc(Nc2nc(Br)nc3nc[nH]c23)cc1. The lowest BCUT2D eigenvalue weighted by molar-refractivity contribution is 1.14. The number of aromatic nitrogens is 4. The maximum Gasteiger partial charge on any atom is 0.200 e. The first-order chi connectivity index (χ1) is 8.72. The highest BCUT2D eigenvalue weighted by atomic mass is 79.9. The van der Waals surface area contributed by atoms with Gasteiger partial charge in [0.2, 0.25) is 4.73 Å². The molecule has 0 atom stereocenters. The molecule has 0 saturated carbocycles. The number of fused-ring (bicyclic) bond motifs is 1. The van der Waals surface area contributed by atoms with E-state index in [0.717, 1.165) is 15.7 Å². The summed E-state index contributed by atoms with van der Waals surface area (Å²) in [4.78, 5) is 15.6. The zero-order valence-electron chi connectivity index (χ0n) is 8.98. The highest BCUT2D eigenvalue weighted by Crippen LogP contribution is 2.23. The van der Waals surface area contributed by atoms with Crippen molar-refractivity contribution in [2.24, 2.45) is 0 Å². The number of anilines is 2. The first-order valence-electron chi connectivity index (χ1n) is 5.11. The summed E-state index contributed by atoms with van der Waals surface area (Å²) in [7, 11) is 0. The molecule has 3 aromatic rings. The van der Waals surface area contributed by atoms with E-state index < -0.39 is 0 Å². The van der Waals surface area contributed by atoms with Crippen molar-refractivity contribution >= 4 is 54.5 Å². The van der Waals surface area contributed by atoms with E-state index in [1.54, 1.807) is 6.33 Å².